The van der Waals surface area contributed by atoms with E-state index in [0.29, 0.717) is 0 Å². The van der Waals surface area contributed by atoms with Gasteiger partial charge in [0.05, 0.1) is 0 Å². The van der Waals surface area contributed by atoms with Crippen molar-refractivity contribution in [3.63, 3.8) is 0 Å². The summed E-state index contributed by atoms with van der Waals surface area (Å²) in [6, 6.07) is 19.0. The van der Waals surface area contributed by atoms with E-state index in [1.54, 1.807) is 0 Å². The normalized spacial score (nSPS) is 13.5. The van der Waals surface area contributed by atoms with E-state index >= 15 is 0 Å². The summed E-state index contributed by atoms with van der Waals surface area (Å²) in [5.74, 6) is 0. The number of benzene rings is 2. The summed E-state index contributed by atoms with van der Waals surface area (Å²) >= 11 is 0. The third-order valence-corrected chi connectivity index (χ3v) is 2.80. The van der Waals surface area contributed by atoms with Gasteiger partial charge >= 0.3 is 0 Å². The lowest BCUT2D eigenvalue weighted by Gasteiger charge is -2.04. The summed E-state index contributed by atoms with van der Waals surface area (Å²) in [7, 11) is 0. The third kappa shape index (κ3) is 1.39. The van der Waals surface area contributed by atoms with Crippen molar-refractivity contribution in [1.29, 1.82) is 0 Å². The molecule has 0 N–H and O–H groups in total. The molecule has 2 aromatic carbocycles. The van der Waals surface area contributed by atoms with Gasteiger partial charge in [-0.15, -0.1) is 0 Å². The van der Waals surface area contributed by atoms with Gasteiger partial charge in [0.25, 0.3) is 0 Å². The van der Waals surface area contributed by atoms with Crippen molar-refractivity contribution in [1.82, 2.24) is 0 Å². The van der Waals surface area contributed by atoms with E-state index in [1.165, 1.54) is 22.3 Å². The minimum Gasteiger partial charge on any atom is -0.0622 e. The number of allylic oxidation sites excluding steroid dienone is 1. The van der Waals surface area contributed by atoms with Crippen LogP contribution in [0.2, 0.25) is 0 Å². The predicted octanol–water partition coefficient (Wildman–Crippen LogP) is 3.48. The highest BCUT2D eigenvalue weighted by Gasteiger charge is 2.14. The molecule has 3 rings (SSSR count). The molecule has 0 spiro atoms. The van der Waals surface area contributed by atoms with Crippen LogP contribution in [-0.2, 0) is 6.42 Å². The molecule has 0 aliphatic heterocycles. The van der Waals surface area contributed by atoms with Crippen LogP contribution < -0.4 is 0 Å². The Kier molecular flexibility index (Phi) is 1.92. The molecule has 0 fully saturated rings. The predicted molar refractivity (Wildman–Crippen MR) is 62.3 cm³/mol. The first kappa shape index (κ1) is 8.49. The number of hydrogen-bond donors (Lipinski definition) is 0. The topological polar surface area (TPSA) is 0 Å². The lowest BCUT2D eigenvalue weighted by atomic mass is 9.99. The molecule has 0 atom stereocenters. The van der Waals surface area contributed by atoms with Crippen LogP contribution in [0.5, 0.6) is 0 Å². The first-order valence-electron chi connectivity index (χ1n) is 5.20. The fourth-order valence-electron chi connectivity index (χ4n) is 2.06. The minimum atomic E-state index is 0.945. The van der Waals surface area contributed by atoms with Gasteiger partial charge in [-0.1, -0.05) is 54.6 Å². The summed E-state index contributed by atoms with van der Waals surface area (Å²) in [6.07, 6.45) is 4.40. The van der Waals surface area contributed by atoms with Gasteiger partial charge in [-0.3, -0.25) is 0 Å². The second-order valence-electron chi connectivity index (χ2n) is 3.75. The summed E-state index contributed by atoms with van der Waals surface area (Å²) in [5.41, 5.74) is 5.24. The Morgan fingerprint density at radius 1 is 0.800 bits per heavy atom. The van der Waals surface area contributed by atoms with Crippen molar-refractivity contribution in [2.75, 3.05) is 0 Å². The van der Waals surface area contributed by atoms with Crippen LogP contribution in [0, 0.1) is 6.08 Å². The molecule has 0 aromatic heterocycles. The zero-order chi connectivity index (χ0) is 10.1. The maximum atomic E-state index is 3.46. The van der Waals surface area contributed by atoms with Gasteiger partial charge in [-0.2, -0.15) is 0 Å². The van der Waals surface area contributed by atoms with Crippen LogP contribution in [0.15, 0.2) is 54.6 Å². The summed E-state index contributed by atoms with van der Waals surface area (Å²) in [4.78, 5) is 0. The van der Waals surface area contributed by atoms with Crippen molar-refractivity contribution in [2.24, 2.45) is 0 Å². The Labute approximate surface area is 89.9 Å². The minimum absolute atomic E-state index is 0.945. The molecule has 0 nitrogen and oxygen atoms in total. The molecule has 0 saturated carbocycles. The molecule has 2 aromatic rings. The first-order valence-corrected chi connectivity index (χ1v) is 5.20. The number of hydrogen-bond acceptors (Lipinski definition) is 0. The van der Waals surface area contributed by atoms with Gasteiger partial charge in [-0.25, -0.2) is 0 Å². The van der Waals surface area contributed by atoms with Gasteiger partial charge in [0.1, 0.15) is 0 Å². The second kappa shape index (κ2) is 3.39. The monoisotopic (exact) mass is 191 g/mol. The van der Waals surface area contributed by atoms with Crippen LogP contribution in [-0.4, -0.2) is 0 Å². The quantitative estimate of drug-likeness (QED) is 0.647. The SMILES string of the molecule is [C]1=C(c2ccccc2)c2ccccc2C1. The third-order valence-electron chi connectivity index (χ3n) is 2.80. The molecule has 0 heterocycles. The van der Waals surface area contributed by atoms with Gasteiger partial charge in [0, 0.05) is 0 Å². The van der Waals surface area contributed by atoms with Gasteiger partial charge in [-0.05, 0) is 34.8 Å². The fraction of sp³-hybridized carbons (Fsp3) is 0.0667. The molecule has 0 amide bonds. The molecule has 1 aliphatic carbocycles. The van der Waals surface area contributed by atoms with Crippen LogP contribution in [0.3, 0.4) is 0 Å². The maximum Gasteiger partial charge on any atom is -0.00102 e. The highest BCUT2D eigenvalue weighted by atomic mass is 14.2. The Hall–Kier alpha value is -1.82. The van der Waals surface area contributed by atoms with E-state index in [-0.39, 0.29) is 0 Å². The number of rotatable bonds is 1. The summed E-state index contributed by atoms with van der Waals surface area (Å²) in [6.45, 7) is 0. The van der Waals surface area contributed by atoms with E-state index < -0.39 is 0 Å². The highest BCUT2D eigenvalue weighted by molar-refractivity contribution is 5.82. The van der Waals surface area contributed by atoms with Crippen LogP contribution in [0.1, 0.15) is 16.7 Å². The zero-order valence-electron chi connectivity index (χ0n) is 8.40. The average Bonchev–Trinajstić information content (AvgIpc) is 2.74. The summed E-state index contributed by atoms with van der Waals surface area (Å²) < 4.78 is 0. The molecule has 0 heteroatoms. The molecular weight excluding hydrogens is 180 g/mol. The molecule has 15 heavy (non-hydrogen) atoms. The van der Waals surface area contributed by atoms with E-state index in [0.717, 1.165) is 6.42 Å². The van der Waals surface area contributed by atoms with Crippen molar-refractivity contribution >= 4 is 5.57 Å². The zero-order valence-corrected chi connectivity index (χ0v) is 8.40. The molecular formula is C15H11. The first-order chi connectivity index (χ1) is 7.45. The van der Waals surface area contributed by atoms with Crippen molar-refractivity contribution < 1.29 is 0 Å². The Bertz CT molecular complexity index is 507. The van der Waals surface area contributed by atoms with E-state index in [1.807, 2.05) is 6.07 Å². The number of fused-ring (bicyclic) bond motifs is 1. The Morgan fingerprint density at radius 2 is 1.53 bits per heavy atom. The lowest BCUT2D eigenvalue weighted by Crippen LogP contribution is -1.85. The molecule has 0 bridgehead atoms. The van der Waals surface area contributed by atoms with Crippen molar-refractivity contribution in [3.05, 3.63) is 77.4 Å². The largest absolute Gasteiger partial charge is 0.0622 e. The highest BCUT2D eigenvalue weighted by Crippen LogP contribution is 2.31. The van der Waals surface area contributed by atoms with Gasteiger partial charge < -0.3 is 0 Å². The van der Waals surface area contributed by atoms with E-state index in [4.69, 9.17) is 0 Å². The second-order valence-corrected chi connectivity index (χ2v) is 3.75. The molecule has 1 aliphatic rings. The molecule has 1 radical (unpaired) electrons. The van der Waals surface area contributed by atoms with Crippen LogP contribution >= 0.6 is 0 Å². The fourth-order valence-corrected chi connectivity index (χ4v) is 2.06. The van der Waals surface area contributed by atoms with E-state index in [2.05, 4.69) is 54.6 Å². The average molecular weight is 191 g/mol. The standard InChI is InChI=1S/C15H11/c1-2-6-12(7-3-1)15-11-10-13-8-4-5-9-14(13)15/h1-9H,10H2. The van der Waals surface area contributed by atoms with Crippen molar-refractivity contribution in [3.8, 4) is 0 Å². The smallest absolute Gasteiger partial charge is 0.00102 e. The van der Waals surface area contributed by atoms with E-state index in [9.17, 15) is 0 Å². The van der Waals surface area contributed by atoms with Crippen LogP contribution in [0.25, 0.3) is 5.57 Å². The molecule has 0 saturated heterocycles. The van der Waals surface area contributed by atoms with Gasteiger partial charge in [0.15, 0.2) is 0 Å². The lowest BCUT2D eigenvalue weighted by molar-refractivity contribution is 1.28. The molecule has 71 valence electrons. The maximum absolute atomic E-state index is 3.46. The molecule has 0 unspecified atom stereocenters. The van der Waals surface area contributed by atoms with Crippen molar-refractivity contribution in [2.45, 2.75) is 6.42 Å². The van der Waals surface area contributed by atoms with Gasteiger partial charge in [0.2, 0.25) is 0 Å². The summed E-state index contributed by atoms with van der Waals surface area (Å²) in [5, 5.41) is 0. The Balaban J connectivity index is 2.11. The van der Waals surface area contributed by atoms with Crippen LogP contribution in [0.4, 0.5) is 0 Å². The Morgan fingerprint density at radius 3 is 2.40 bits per heavy atom.